The molecule has 40 heavy (non-hydrogen) atoms. The molecule has 0 spiro atoms. The summed E-state index contributed by atoms with van der Waals surface area (Å²) in [7, 11) is -12.9. The molecule has 1 aromatic carbocycles. The third kappa shape index (κ3) is 5.78. The van der Waals surface area contributed by atoms with Crippen molar-refractivity contribution in [1.82, 2.24) is 19.6 Å². The van der Waals surface area contributed by atoms with Crippen molar-refractivity contribution in [3.8, 4) is 11.1 Å². The number of hydrogen-bond acceptors (Lipinski definition) is 6. The van der Waals surface area contributed by atoms with Crippen molar-refractivity contribution in [3.63, 3.8) is 0 Å². The highest BCUT2D eigenvalue weighted by Gasteiger charge is 2.65. The molecule has 5 rings (SSSR count). The van der Waals surface area contributed by atoms with Gasteiger partial charge in [-0.05, 0) is 73.2 Å². The number of pyridine rings is 2. The summed E-state index contributed by atoms with van der Waals surface area (Å²) in [4.78, 5) is 1.93. The minimum Gasteiger partial charge on any atom is -0.367 e. The fraction of sp³-hybridized carbons (Fsp3) is 0.346. The lowest BCUT2D eigenvalue weighted by Gasteiger charge is -2.40. The van der Waals surface area contributed by atoms with Crippen molar-refractivity contribution >= 4 is 31.4 Å². The van der Waals surface area contributed by atoms with Gasteiger partial charge in [-0.1, -0.05) is 45.4 Å². The van der Waals surface area contributed by atoms with E-state index in [4.69, 9.17) is 4.78 Å². The van der Waals surface area contributed by atoms with Gasteiger partial charge in [0.15, 0.2) is 5.65 Å². The van der Waals surface area contributed by atoms with Crippen molar-refractivity contribution in [2.75, 3.05) is 5.32 Å². The predicted octanol–water partition coefficient (Wildman–Crippen LogP) is 8.40. The Kier molecular flexibility index (Phi) is 6.45. The van der Waals surface area contributed by atoms with Crippen molar-refractivity contribution in [3.05, 3.63) is 66.7 Å². The number of nitrogens with one attached hydrogen (secondary N) is 2. The number of aromatic nitrogens is 4. The first-order valence-electron chi connectivity index (χ1n) is 12.7. The summed E-state index contributed by atoms with van der Waals surface area (Å²) in [5.74, 6) is 1.11. The number of benzene rings is 1. The Labute approximate surface area is 228 Å². The SMILES string of the molecule is CC(C)c1nnc2ccc(-c3ccc(S(=N)(=O)C4CCC(Nc5ccc(S(F)(F)(F)(F)F)cn5)CC4)cc3)cn12. The van der Waals surface area contributed by atoms with Crippen LogP contribution in [0.5, 0.6) is 0 Å². The van der Waals surface area contributed by atoms with Crippen LogP contribution in [-0.2, 0) is 9.73 Å². The summed E-state index contributed by atoms with van der Waals surface area (Å²) in [6.45, 7) is 4.09. The third-order valence-corrected chi connectivity index (χ3v) is 10.7. The van der Waals surface area contributed by atoms with Gasteiger partial charge in [0, 0.05) is 28.3 Å². The van der Waals surface area contributed by atoms with Crippen LogP contribution in [0.15, 0.2) is 70.7 Å². The molecular formula is C26H29F5N6OS2. The Balaban J connectivity index is 1.24. The number of hydrogen-bond donors (Lipinski definition) is 2. The highest BCUT2D eigenvalue weighted by atomic mass is 32.5. The summed E-state index contributed by atoms with van der Waals surface area (Å²) in [5.41, 5.74) is 2.59. The van der Waals surface area contributed by atoms with Gasteiger partial charge in [0.25, 0.3) is 0 Å². The van der Waals surface area contributed by atoms with E-state index in [9.17, 15) is 23.6 Å². The van der Waals surface area contributed by atoms with Gasteiger partial charge in [0.1, 0.15) is 16.5 Å². The number of anilines is 1. The average Bonchev–Trinajstić information content (AvgIpc) is 3.32. The minimum absolute atomic E-state index is 0.0569. The molecule has 0 amide bonds. The molecule has 0 saturated heterocycles. The van der Waals surface area contributed by atoms with E-state index in [1.54, 1.807) is 12.1 Å². The molecule has 0 radical (unpaired) electrons. The summed E-state index contributed by atoms with van der Waals surface area (Å²) in [6, 6.07) is 12.0. The van der Waals surface area contributed by atoms with Crippen molar-refractivity contribution in [2.45, 2.75) is 66.5 Å². The van der Waals surface area contributed by atoms with E-state index in [-0.39, 0.29) is 29.2 Å². The average molecular weight is 601 g/mol. The van der Waals surface area contributed by atoms with E-state index in [2.05, 4.69) is 20.5 Å². The van der Waals surface area contributed by atoms with Crippen LogP contribution in [0.1, 0.15) is 51.3 Å². The molecule has 1 saturated carbocycles. The number of nitrogens with zero attached hydrogens (tertiary/aromatic N) is 4. The van der Waals surface area contributed by atoms with Gasteiger partial charge in [0.2, 0.25) is 0 Å². The molecule has 1 atom stereocenters. The first kappa shape index (κ1) is 28.3. The molecule has 2 N–H and O–H groups in total. The van der Waals surface area contributed by atoms with Crippen LogP contribution in [-0.4, -0.2) is 35.1 Å². The zero-order chi connectivity index (χ0) is 29.0. The lowest BCUT2D eigenvalue weighted by Crippen LogP contribution is -2.32. The normalized spacial score (nSPS) is 21.5. The quantitative estimate of drug-likeness (QED) is 0.208. The Morgan fingerprint density at radius 3 is 2.15 bits per heavy atom. The second-order valence-electron chi connectivity index (χ2n) is 10.4. The predicted molar refractivity (Wildman–Crippen MR) is 147 cm³/mol. The highest BCUT2D eigenvalue weighted by Crippen LogP contribution is 3.02. The zero-order valence-corrected chi connectivity index (χ0v) is 23.4. The standard InChI is InChI=1S/C26H29F5N6OS2/c1-17(2)26-36-35-25-14-5-19(16-37(25)26)18-3-8-21(9-4-18)39(32,38)22-10-6-20(7-11-22)34-24-13-12-23(15-33-24)40(27,28,29,30)31/h3-5,8-9,12-17,20,22,32H,6-7,10-11H2,1-2H3,(H,33,34). The van der Waals surface area contributed by atoms with E-state index in [1.807, 2.05) is 48.7 Å². The molecule has 1 fully saturated rings. The number of rotatable bonds is 7. The van der Waals surface area contributed by atoms with E-state index in [1.165, 1.54) is 0 Å². The van der Waals surface area contributed by atoms with Gasteiger partial charge in [0.05, 0.1) is 15.9 Å². The maximum absolute atomic E-state index is 13.5. The number of halogens is 5. The molecule has 0 bridgehead atoms. The maximum Gasteiger partial charge on any atom is 0.311 e. The van der Waals surface area contributed by atoms with Gasteiger partial charge in [-0.3, -0.25) is 4.40 Å². The molecule has 1 unspecified atom stereocenters. The van der Waals surface area contributed by atoms with Crippen molar-refractivity contribution in [1.29, 1.82) is 4.78 Å². The van der Waals surface area contributed by atoms with Crippen LogP contribution in [0.4, 0.5) is 25.2 Å². The Bertz CT molecular complexity index is 1650. The minimum atomic E-state index is -9.77. The lowest BCUT2D eigenvalue weighted by atomic mass is 9.95. The Morgan fingerprint density at radius 2 is 1.57 bits per heavy atom. The van der Waals surface area contributed by atoms with Crippen LogP contribution in [0, 0.1) is 4.78 Å². The van der Waals surface area contributed by atoms with Gasteiger partial charge in [-0.25, -0.2) is 14.0 Å². The zero-order valence-electron chi connectivity index (χ0n) is 21.7. The van der Waals surface area contributed by atoms with Crippen LogP contribution in [0.25, 0.3) is 16.8 Å². The van der Waals surface area contributed by atoms with E-state index in [0.29, 0.717) is 36.6 Å². The molecular weight excluding hydrogens is 571 g/mol. The topological polar surface area (TPSA) is 96.0 Å². The van der Waals surface area contributed by atoms with Crippen molar-refractivity contribution < 1.29 is 23.6 Å². The molecule has 3 aromatic heterocycles. The summed E-state index contributed by atoms with van der Waals surface area (Å²) >= 11 is 0. The fourth-order valence-corrected chi connectivity index (χ4v) is 7.40. The number of fused-ring (bicyclic) bond motifs is 1. The van der Waals surface area contributed by atoms with Crippen molar-refractivity contribution in [2.24, 2.45) is 0 Å². The summed E-state index contributed by atoms with van der Waals surface area (Å²) in [5, 5.41) is 11.0. The van der Waals surface area contributed by atoms with Gasteiger partial charge in [-0.2, -0.15) is 0 Å². The molecule has 14 heteroatoms. The Morgan fingerprint density at radius 1 is 0.925 bits per heavy atom. The Hall–Kier alpha value is -3.26. The molecule has 0 aliphatic heterocycles. The van der Waals surface area contributed by atoms with E-state index < -0.39 is 24.8 Å². The van der Waals surface area contributed by atoms with Gasteiger partial charge in [-0.15, -0.1) is 10.2 Å². The maximum atomic E-state index is 13.5. The monoisotopic (exact) mass is 600 g/mol. The smallest absolute Gasteiger partial charge is 0.311 e. The summed E-state index contributed by atoms with van der Waals surface area (Å²) in [6.07, 6.45) is 4.07. The first-order chi connectivity index (χ1) is 18.5. The second kappa shape index (κ2) is 9.13. The largest absolute Gasteiger partial charge is 0.367 e. The second-order valence-corrected chi connectivity index (χ2v) is 15.2. The van der Waals surface area contributed by atoms with Crippen LogP contribution < -0.4 is 5.32 Å². The van der Waals surface area contributed by atoms with E-state index in [0.717, 1.165) is 28.7 Å². The van der Waals surface area contributed by atoms with Crippen LogP contribution in [0.3, 0.4) is 0 Å². The lowest BCUT2D eigenvalue weighted by molar-refractivity contribution is 0.363. The fourth-order valence-electron chi connectivity index (χ4n) is 4.96. The van der Waals surface area contributed by atoms with Gasteiger partial charge >= 0.3 is 10.2 Å². The molecule has 4 aromatic rings. The third-order valence-electron chi connectivity index (χ3n) is 7.16. The van der Waals surface area contributed by atoms with Gasteiger partial charge < -0.3 is 5.32 Å². The van der Waals surface area contributed by atoms with Crippen LogP contribution in [0.2, 0.25) is 0 Å². The van der Waals surface area contributed by atoms with Crippen LogP contribution >= 0.6 is 10.2 Å². The van der Waals surface area contributed by atoms with E-state index >= 15 is 0 Å². The molecule has 3 heterocycles. The molecule has 216 valence electrons. The molecule has 1 aliphatic rings. The molecule has 1 aliphatic carbocycles. The summed E-state index contributed by atoms with van der Waals surface area (Å²) < 4.78 is 88.8. The first-order valence-corrected chi connectivity index (χ1v) is 16.3. The highest BCUT2D eigenvalue weighted by molar-refractivity contribution is 8.45. The molecule has 7 nitrogen and oxygen atoms in total.